The molecule has 128 valence electrons. The smallest absolute Gasteiger partial charge is 0.322 e. The van der Waals surface area contributed by atoms with Crippen LogP contribution < -0.4 is 10.0 Å². The summed E-state index contributed by atoms with van der Waals surface area (Å²) in [5, 5.41) is 2.73. The first-order chi connectivity index (χ1) is 10.8. The molecule has 0 spiro atoms. The lowest BCUT2D eigenvalue weighted by Crippen LogP contribution is -2.54. The molecule has 0 unspecified atom stereocenters. The molecule has 0 aliphatic carbocycles. The van der Waals surface area contributed by atoms with Crippen molar-refractivity contribution in [3.05, 3.63) is 23.9 Å². The highest BCUT2D eigenvalue weighted by molar-refractivity contribution is 7.87. The number of rotatable bonds is 4. The molecule has 1 aliphatic heterocycles. The molecule has 0 saturated carbocycles. The fourth-order valence-electron chi connectivity index (χ4n) is 2.31. The van der Waals surface area contributed by atoms with Crippen LogP contribution in [-0.4, -0.2) is 60.9 Å². The van der Waals surface area contributed by atoms with Gasteiger partial charge in [0.25, 0.3) is 10.2 Å². The van der Waals surface area contributed by atoms with Crippen LogP contribution in [0.15, 0.2) is 18.2 Å². The van der Waals surface area contributed by atoms with Crippen LogP contribution in [0.25, 0.3) is 0 Å². The molecule has 0 radical (unpaired) electrons. The number of nitrogens with one attached hydrogen (secondary N) is 2. The van der Waals surface area contributed by atoms with E-state index in [2.05, 4.69) is 15.0 Å². The van der Waals surface area contributed by atoms with Crippen molar-refractivity contribution in [3.63, 3.8) is 0 Å². The minimum Gasteiger partial charge on any atom is -0.322 e. The first kappa shape index (κ1) is 17.6. The number of carbonyl (C=O) groups excluding carboxylic acids is 1. The molecule has 1 saturated heterocycles. The molecule has 2 amide bonds. The van der Waals surface area contributed by atoms with Crippen LogP contribution in [0.1, 0.15) is 19.5 Å². The van der Waals surface area contributed by atoms with Crippen molar-refractivity contribution in [1.82, 2.24) is 18.9 Å². The van der Waals surface area contributed by atoms with Gasteiger partial charge in [-0.3, -0.25) is 5.32 Å². The minimum atomic E-state index is -3.48. The standard InChI is InChI=1S/C14H23N5O3S/c1-11(2)17-23(21,22)19-9-7-18(8-10-19)14(20)16-13-6-4-5-12(3)15-13/h4-6,11,17H,7-10H2,1-3H3,(H,15,16,20). The second-order valence-electron chi connectivity index (χ2n) is 5.76. The Labute approximate surface area is 137 Å². The van der Waals surface area contributed by atoms with Crippen LogP contribution >= 0.6 is 0 Å². The van der Waals surface area contributed by atoms with E-state index < -0.39 is 10.2 Å². The molecule has 1 aromatic rings. The summed E-state index contributed by atoms with van der Waals surface area (Å²) in [6.45, 7) is 6.63. The number of hydrogen-bond donors (Lipinski definition) is 2. The highest BCUT2D eigenvalue weighted by Crippen LogP contribution is 2.10. The van der Waals surface area contributed by atoms with Crippen LogP contribution in [0.2, 0.25) is 0 Å². The van der Waals surface area contributed by atoms with Crippen molar-refractivity contribution >= 4 is 22.1 Å². The molecule has 1 fully saturated rings. The number of amides is 2. The fraction of sp³-hybridized carbons (Fsp3) is 0.571. The van der Waals surface area contributed by atoms with Gasteiger partial charge in [0.2, 0.25) is 0 Å². The maximum Gasteiger partial charge on any atom is 0.323 e. The van der Waals surface area contributed by atoms with Crippen molar-refractivity contribution in [2.24, 2.45) is 0 Å². The Kier molecular flexibility index (Phi) is 5.55. The summed E-state index contributed by atoms with van der Waals surface area (Å²) in [6.07, 6.45) is 0. The van der Waals surface area contributed by atoms with Gasteiger partial charge in [-0.2, -0.15) is 17.4 Å². The molecule has 0 atom stereocenters. The number of hydrogen-bond acceptors (Lipinski definition) is 4. The Bertz CT molecular complexity index is 654. The predicted octanol–water partition coefficient (Wildman–Crippen LogP) is 0.782. The summed E-state index contributed by atoms with van der Waals surface area (Å²) in [7, 11) is -3.48. The molecular weight excluding hydrogens is 318 g/mol. The summed E-state index contributed by atoms with van der Waals surface area (Å²) in [4.78, 5) is 18.0. The van der Waals surface area contributed by atoms with Crippen LogP contribution in [0.5, 0.6) is 0 Å². The number of aryl methyl sites for hydroxylation is 1. The Morgan fingerprint density at radius 2 is 1.87 bits per heavy atom. The largest absolute Gasteiger partial charge is 0.323 e. The Hall–Kier alpha value is -1.71. The van der Waals surface area contributed by atoms with Gasteiger partial charge in [-0.15, -0.1) is 0 Å². The maximum absolute atomic E-state index is 12.2. The van der Waals surface area contributed by atoms with E-state index in [1.165, 1.54) is 4.31 Å². The van der Waals surface area contributed by atoms with Crippen molar-refractivity contribution in [2.75, 3.05) is 31.5 Å². The van der Waals surface area contributed by atoms with Gasteiger partial charge in [-0.05, 0) is 32.9 Å². The zero-order valence-electron chi connectivity index (χ0n) is 13.6. The molecule has 1 aliphatic rings. The van der Waals surface area contributed by atoms with E-state index in [9.17, 15) is 13.2 Å². The van der Waals surface area contributed by atoms with E-state index in [-0.39, 0.29) is 25.2 Å². The van der Waals surface area contributed by atoms with E-state index in [1.54, 1.807) is 24.8 Å². The van der Waals surface area contributed by atoms with Gasteiger partial charge in [0, 0.05) is 37.9 Å². The number of aromatic nitrogens is 1. The lowest BCUT2D eigenvalue weighted by molar-refractivity contribution is 0.183. The number of pyridine rings is 1. The van der Waals surface area contributed by atoms with E-state index in [1.807, 2.05) is 19.1 Å². The number of piperazine rings is 1. The quantitative estimate of drug-likeness (QED) is 0.846. The second kappa shape index (κ2) is 7.24. The Balaban J connectivity index is 1.90. The second-order valence-corrected chi connectivity index (χ2v) is 7.46. The summed E-state index contributed by atoms with van der Waals surface area (Å²) < 4.78 is 28.1. The molecular formula is C14H23N5O3S. The lowest BCUT2D eigenvalue weighted by atomic mass is 10.3. The van der Waals surface area contributed by atoms with E-state index >= 15 is 0 Å². The monoisotopic (exact) mass is 341 g/mol. The predicted molar refractivity (Wildman–Crippen MR) is 88.3 cm³/mol. The van der Waals surface area contributed by atoms with E-state index in [0.717, 1.165) is 5.69 Å². The zero-order valence-corrected chi connectivity index (χ0v) is 14.4. The molecule has 0 aromatic carbocycles. The van der Waals surface area contributed by atoms with Gasteiger partial charge < -0.3 is 4.90 Å². The van der Waals surface area contributed by atoms with Gasteiger partial charge in [0.1, 0.15) is 5.82 Å². The van der Waals surface area contributed by atoms with Gasteiger partial charge in [0.05, 0.1) is 0 Å². The average molecular weight is 341 g/mol. The first-order valence-corrected chi connectivity index (χ1v) is 8.99. The minimum absolute atomic E-state index is 0.159. The van der Waals surface area contributed by atoms with Crippen LogP contribution in [-0.2, 0) is 10.2 Å². The molecule has 1 aromatic heterocycles. The third-order valence-corrected chi connectivity index (χ3v) is 5.19. The third-order valence-electron chi connectivity index (χ3n) is 3.37. The summed E-state index contributed by atoms with van der Waals surface area (Å²) in [5.41, 5.74) is 0.818. The van der Waals surface area contributed by atoms with E-state index in [4.69, 9.17) is 0 Å². The summed E-state index contributed by atoms with van der Waals surface area (Å²) >= 11 is 0. The van der Waals surface area contributed by atoms with Gasteiger partial charge >= 0.3 is 6.03 Å². The number of carbonyl (C=O) groups is 1. The normalized spacial score (nSPS) is 16.6. The van der Waals surface area contributed by atoms with Gasteiger partial charge in [-0.1, -0.05) is 6.07 Å². The highest BCUT2D eigenvalue weighted by atomic mass is 32.2. The lowest BCUT2D eigenvalue weighted by Gasteiger charge is -2.34. The fourth-order valence-corrected chi connectivity index (χ4v) is 3.69. The third kappa shape index (κ3) is 4.88. The molecule has 2 rings (SSSR count). The molecule has 2 heterocycles. The summed E-state index contributed by atoms with van der Waals surface area (Å²) in [6, 6.07) is 4.96. The maximum atomic E-state index is 12.2. The first-order valence-electron chi connectivity index (χ1n) is 7.55. The van der Waals surface area contributed by atoms with Crippen molar-refractivity contribution in [1.29, 1.82) is 0 Å². The van der Waals surface area contributed by atoms with Crippen LogP contribution in [0, 0.1) is 6.92 Å². The number of anilines is 1. The SMILES string of the molecule is Cc1cccc(NC(=O)N2CCN(S(=O)(=O)NC(C)C)CC2)n1. The molecule has 8 nitrogen and oxygen atoms in total. The van der Waals surface area contributed by atoms with Crippen molar-refractivity contribution in [2.45, 2.75) is 26.8 Å². The van der Waals surface area contributed by atoms with Crippen LogP contribution in [0.4, 0.5) is 10.6 Å². The highest BCUT2D eigenvalue weighted by Gasteiger charge is 2.29. The summed E-state index contributed by atoms with van der Waals surface area (Å²) in [5.74, 6) is 0.492. The molecule has 23 heavy (non-hydrogen) atoms. The Morgan fingerprint density at radius 1 is 1.22 bits per heavy atom. The molecule has 9 heteroatoms. The molecule has 0 bridgehead atoms. The van der Waals surface area contributed by atoms with Crippen molar-refractivity contribution < 1.29 is 13.2 Å². The van der Waals surface area contributed by atoms with E-state index in [0.29, 0.717) is 18.9 Å². The van der Waals surface area contributed by atoms with Crippen LogP contribution in [0.3, 0.4) is 0 Å². The average Bonchev–Trinajstić information content (AvgIpc) is 2.46. The molecule has 2 N–H and O–H groups in total. The topological polar surface area (TPSA) is 94.6 Å². The van der Waals surface area contributed by atoms with Gasteiger partial charge in [0.15, 0.2) is 0 Å². The number of nitrogens with zero attached hydrogens (tertiary/aromatic N) is 3. The van der Waals surface area contributed by atoms with Crippen molar-refractivity contribution in [3.8, 4) is 0 Å². The van der Waals surface area contributed by atoms with Gasteiger partial charge in [-0.25, -0.2) is 9.78 Å². The Morgan fingerprint density at radius 3 is 2.43 bits per heavy atom. The zero-order chi connectivity index (χ0) is 17.0. The number of urea groups is 1.